The maximum absolute atomic E-state index is 12.9. The van der Waals surface area contributed by atoms with Crippen molar-refractivity contribution in [2.45, 2.75) is 57.3 Å². The molecule has 0 saturated carbocycles. The molecule has 0 atom stereocenters. The third-order valence-corrected chi connectivity index (χ3v) is 7.17. The van der Waals surface area contributed by atoms with E-state index in [0.29, 0.717) is 24.3 Å². The molecule has 1 amide bonds. The van der Waals surface area contributed by atoms with Gasteiger partial charge in [-0.3, -0.25) is 4.79 Å². The second-order valence-corrected chi connectivity index (χ2v) is 11.9. The van der Waals surface area contributed by atoms with Gasteiger partial charge in [0.05, 0.1) is 17.6 Å². The number of ether oxygens (including phenoxy) is 1. The van der Waals surface area contributed by atoms with Gasteiger partial charge in [-0.15, -0.1) is 0 Å². The monoisotopic (exact) mass is 505 g/mol. The van der Waals surface area contributed by atoms with Crippen molar-refractivity contribution in [1.29, 1.82) is 0 Å². The molecule has 7 nitrogen and oxygen atoms in total. The number of sulfone groups is 1. The molecule has 2 rings (SSSR count). The fourth-order valence-electron chi connectivity index (χ4n) is 3.49. The lowest BCUT2D eigenvalue weighted by Gasteiger charge is -2.21. The number of benzene rings is 2. The van der Waals surface area contributed by atoms with Crippen LogP contribution in [0.2, 0.25) is 0 Å². The van der Waals surface area contributed by atoms with Crippen LogP contribution < -0.4 is 21.1 Å². The van der Waals surface area contributed by atoms with Gasteiger partial charge in [-0.05, 0) is 64.9 Å². The summed E-state index contributed by atoms with van der Waals surface area (Å²) in [4.78, 5) is 13.1. The van der Waals surface area contributed by atoms with Crippen LogP contribution in [0, 0.1) is 0 Å². The number of methoxy groups -OCH3 is 1. The normalized spacial score (nSPS) is 11.9. The summed E-state index contributed by atoms with van der Waals surface area (Å²) in [5.74, 6) is -0.0850. The fraction of sp³-hybridized carbons (Fsp3) is 0.440. The van der Waals surface area contributed by atoms with Crippen LogP contribution in [0.3, 0.4) is 0 Å². The fourth-order valence-corrected chi connectivity index (χ4v) is 5.15. The SMILES string of the molecule is COc1ccc(C(C)(C)C)cc1C(=O)NCCc1ccc(C(C)C)c(S(=O)(=O)CNC(N)=S)c1. The van der Waals surface area contributed by atoms with Crippen LogP contribution in [-0.4, -0.2) is 39.0 Å². The van der Waals surface area contributed by atoms with Crippen molar-refractivity contribution >= 4 is 33.1 Å². The number of rotatable bonds is 9. The van der Waals surface area contributed by atoms with Crippen molar-refractivity contribution in [3.8, 4) is 5.75 Å². The molecule has 0 aromatic heterocycles. The molecule has 0 aliphatic rings. The zero-order chi connectivity index (χ0) is 25.7. The van der Waals surface area contributed by atoms with Crippen molar-refractivity contribution in [2.24, 2.45) is 5.73 Å². The minimum absolute atomic E-state index is 0.0194. The highest BCUT2D eigenvalue weighted by atomic mass is 32.2. The van der Waals surface area contributed by atoms with E-state index in [-0.39, 0.29) is 33.1 Å². The average Bonchev–Trinajstić information content (AvgIpc) is 2.76. The van der Waals surface area contributed by atoms with Crippen molar-refractivity contribution in [1.82, 2.24) is 10.6 Å². The molecule has 34 heavy (non-hydrogen) atoms. The van der Waals surface area contributed by atoms with Crippen LogP contribution in [0.1, 0.15) is 67.6 Å². The average molecular weight is 506 g/mol. The largest absolute Gasteiger partial charge is 0.496 e. The highest BCUT2D eigenvalue weighted by molar-refractivity contribution is 7.91. The van der Waals surface area contributed by atoms with Crippen LogP contribution >= 0.6 is 12.2 Å². The molecule has 4 N–H and O–H groups in total. The minimum Gasteiger partial charge on any atom is -0.496 e. The summed E-state index contributed by atoms with van der Waals surface area (Å²) in [7, 11) is -2.11. The molecular weight excluding hydrogens is 470 g/mol. The van der Waals surface area contributed by atoms with Gasteiger partial charge in [0.15, 0.2) is 14.9 Å². The summed E-state index contributed by atoms with van der Waals surface area (Å²) in [6.07, 6.45) is 0.469. The van der Waals surface area contributed by atoms with Gasteiger partial charge in [-0.2, -0.15) is 0 Å². The lowest BCUT2D eigenvalue weighted by atomic mass is 9.86. The Balaban J connectivity index is 2.20. The molecule has 0 aliphatic heterocycles. The van der Waals surface area contributed by atoms with Crippen LogP contribution in [0.4, 0.5) is 0 Å². The summed E-state index contributed by atoms with van der Waals surface area (Å²) in [5, 5.41) is 5.38. The highest BCUT2D eigenvalue weighted by Crippen LogP contribution is 2.28. The second kappa shape index (κ2) is 11.2. The maximum atomic E-state index is 12.9. The van der Waals surface area contributed by atoms with Gasteiger partial charge in [-0.1, -0.05) is 52.8 Å². The number of hydrogen-bond acceptors (Lipinski definition) is 5. The molecule has 0 heterocycles. The van der Waals surface area contributed by atoms with E-state index in [1.165, 1.54) is 7.11 Å². The third kappa shape index (κ3) is 7.17. The lowest BCUT2D eigenvalue weighted by Crippen LogP contribution is -2.34. The molecule has 9 heteroatoms. The predicted octanol–water partition coefficient (Wildman–Crippen LogP) is 3.65. The van der Waals surface area contributed by atoms with Crippen molar-refractivity contribution in [2.75, 3.05) is 19.5 Å². The molecule has 0 bridgehead atoms. The zero-order valence-electron chi connectivity index (χ0n) is 20.7. The summed E-state index contributed by atoms with van der Waals surface area (Å²) in [6, 6.07) is 11.0. The minimum atomic E-state index is -3.65. The van der Waals surface area contributed by atoms with Crippen molar-refractivity contribution in [3.05, 3.63) is 58.7 Å². The van der Waals surface area contributed by atoms with E-state index in [2.05, 4.69) is 31.4 Å². The van der Waals surface area contributed by atoms with Crippen LogP contribution in [0.15, 0.2) is 41.3 Å². The molecule has 0 aliphatic carbocycles. The van der Waals surface area contributed by atoms with Crippen molar-refractivity contribution < 1.29 is 17.9 Å². The summed E-state index contributed by atoms with van der Waals surface area (Å²) >= 11 is 4.74. The van der Waals surface area contributed by atoms with Gasteiger partial charge in [0.1, 0.15) is 11.6 Å². The Morgan fingerprint density at radius 1 is 1.12 bits per heavy atom. The first kappa shape index (κ1) is 27.6. The number of amides is 1. The Kier molecular flexibility index (Phi) is 9.08. The summed E-state index contributed by atoms with van der Waals surface area (Å²) in [6.45, 7) is 10.5. The molecule has 0 saturated heterocycles. The van der Waals surface area contributed by atoms with Crippen LogP contribution in [-0.2, 0) is 21.7 Å². The zero-order valence-corrected chi connectivity index (χ0v) is 22.3. The second-order valence-electron chi connectivity index (χ2n) is 9.50. The Bertz CT molecular complexity index is 1150. The van der Waals surface area contributed by atoms with E-state index in [1.807, 2.05) is 38.1 Å². The van der Waals surface area contributed by atoms with E-state index in [0.717, 1.165) is 16.7 Å². The molecular formula is C25H35N3O4S2. The molecule has 0 unspecified atom stereocenters. The first-order chi connectivity index (χ1) is 15.8. The molecule has 2 aromatic rings. The topological polar surface area (TPSA) is 111 Å². The Labute approximate surface area is 208 Å². The summed E-state index contributed by atoms with van der Waals surface area (Å²) in [5.41, 5.74) is 8.32. The van der Waals surface area contributed by atoms with E-state index < -0.39 is 9.84 Å². The molecule has 186 valence electrons. The number of carbonyl (C=O) groups excluding carboxylic acids is 1. The van der Waals surface area contributed by atoms with Gasteiger partial charge < -0.3 is 21.1 Å². The predicted molar refractivity (Wildman–Crippen MR) is 140 cm³/mol. The number of nitrogens with two attached hydrogens (primary N) is 1. The number of carbonyl (C=O) groups is 1. The first-order valence-electron chi connectivity index (χ1n) is 11.1. The molecule has 2 aromatic carbocycles. The smallest absolute Gasteiger partial charge is 0.255 e. The van der Waals surface area contributed by atoms with Gasteiger partial charge >= 0.3 is 0 Å². The van der Waals surface area contributed by atoms with Crippen LogP contribution in [0.5, 0.6) is 5.75 Å². The lowest BCUT2D eigenvalue weighted by molar-refractivity contribution is 0.0951. The molecule has 0 spiro atoms. The number of thiocarbonyl (C=S) groups is 1. The maximum Gasteiger partial charge on any atom is 0.255 e. The van der Waals surface area contributed by atoms with E-state index in [9.17, 15) is 13.2 Å². The number of nitrogens with one attached hydrogen (secondary N) is 2. The van der Waals surface area contributed by atoms with Gasteiger partial charge in [0.25, 0.3) is 5.91 Å². The van der Waals surface area contributed by atoms with Gasteiger partial charge in [0.2, 0.25) is 0 Å². The highest BCUT2D eigenvalue weighted by Gasteiger charge is 2.22. The van der Waals surface area contributed by atoms with E-state index in [4.69, 9.17) is 22.7 Å². The Morgan fingerprint density at radius 3 is 2.35 bits per heavy atom. The summed E-state index contributed by atoms with van der Waals surface area (Å²) < 4.78 is 31.2. The Morgan fingerprint density at radius 2 is 1.79 bits per heavy atom. The quantitative estimate of drug-likeness (QED) is 0.446. The first-order valence-corrected chi connectivity index (χ1v) is 13.2. The Hall–Kier alpha value is -2.65. The number of hydrogen-bond donors (Lipinski definition) is 3. The van der Waals surface area contributed by atoms with Crippen molar-refractivity contribution in [3.63, 3.8) is 0 Å². The van der Waals surface area contributed by atoms with E-state index in [1.54, 1.807) is 12.1 Å². The van der Waals surface area contributed by atoms with Gasteiger partial charge in [0, 0.05) is 6.54 Å². The van der Waals surface area contributed by atoms with Crippen LogP contribution in [0.25, 0.3) is 0 Å². The van der Waals surface area contributed by atoms with E-state index >= 15 is 0 Å². The molecule has 0 fully saturated rings. The standard InChI is InChI=1S/C25H35N3O4S2/c1-16(2)19-9-7-17(13-22(19)34(30,31)15-28-24(26)33)11-12-27-23(29)20-14-18(25(3,4)5)8-10-21(20)32-6/h7-10,13-14,16H,11-12,15H2,1-6H3,(H,27,29)(H3,26,28,33). The molecule has 0 radical (unpaired) electrons. The third-order valence-electron chi connectivity index (χ3n) is 5.48. The van der Waals surface area contributed by atoms with Gasteiger partial charge in [-0.25, -0.2) is 8.42 Å².